The molecular formula is C8H9N5O. The van der Waals surface area contributed by atoms with Crippen LogP contribution in [0.5, 0.6) is 0 Å². The fourth-order valence-corrected chi connectivity index (χ4v) is 1.19. The molecule has 0 atom stereocenters. The summed E-state index contributed by atoms with van der Waals surface area (Å²) < 4.78 is 1.54. The lowest BCUT2D eigenvalue weighted by atomic mass is 10.4. The Balaban J connectivity index is 2.56. The molecule has 2 heterocycles. The van der Waals surface area contributed by atoms with E-state index in [4.69, 9.17) is 0 Å². The number of nitrogens with one attached hydrogen (secondary N) is 1. The molecule has 0 fully saturated rings. The van der Waals surface area contributed by atoms with Crippen LogP contribution in [-0.2, 0) is 6.42 Å². The van der Waals surface area contributed by atoms with Gasteiger partial charge in [-0.1, -0.05) is 6.92 Å². The third kappa shape index (κ3) is 1.41. The van der Waals surface area contributed by atoms with Crippen molar-refractivity contribution in [3.63, 3.8) is 0 Å². The van der Waals surface area contributed by atoms with Crippen LogP contribution in [0, 0.1) is 0 Å². The van der Waals surface area contributed by atoms with Crippen molar-refractivity contribution in [2.24, 2.45) is 0 Å². The number of nitrogens with zero attached hydrogens (tertiary/aromatic N) is 4. The predicted octanol–water partition coefficient (Wildman–Crippen LogP) is -0.0870. The second-order valence-corrected chi connectivity index (χ2v) is 2.72. The van der Waals surface area contributed by atoms with E-state index in [1.807, 2.05) is 6.92 Å². The Morgan fingerprint density at radius 2 is 2.43 bits per heavy atom. The van der Waals surface area contributed by atoms with Crippen LogP contribution in [0.3, 0.4) is 0 Å². The highest BCUT2D eigenvalue weighted by atomic mass is 16.1. The Kier molecular flexibility index (Phi) is 2.10. The minimum Gasteiger partial charge on any atom is -0.244 e. The Bertz CT molecular complexity index is 472. The fourth-order valence-electron chi connectivity index (χ4n) is 1.19. The quantitative estimate of drug-likeness (QED) is 0.719. The van der Waals surface area contributed by atoms with Gasteiger partial charge in [-0.05, 0) is 12.1 Å². The molecule has 72 valence electrons. The fraction of sp³-hybridized carbons (Fsp3) is 0.250. The molecule has 2 aromatic rings. The summed E-state index contributed by atoms with van der Waals surface area (Å²) in [5.74, 6) is 1.22. The summed E-state index contributed by atoms with van der Waals surface area (Å²) in [7, 11) is 0. The second-order valence-electron chi connectivity index (χ2n) is 2.72. The minimum absolute atomic E-state index is 0.368. The molecule has 0 amide bonds. The minimum atomic E-state index is -0.368. The van der Waals surface area contributed by atoms with Gasteiger partial charge in [-0.3, -0.25) is 0 Å². The smallest absolute Gasteiger partial charge is 0.244 e. The van der Waals surface area contributed by atoms with E-state index in [1.165, 1.54) is 4.68 Å². The van der Waals surface area contributed by atoms with Crippen LogP contribution in [0.25, 0.3) is 5.82 Å². The van der Waals surface area contributed by atoms with Crippen molar-refractivity contribution >= 4 is 0 Å². The zero-order valence-electron chi connectivity index (χ0n) is 7.64. The molecule has 0 aliphatic carbocycles. The van der Waals surface area contributed by atoms with E-state index >= 15 is 0 Å². The highest BCUT2D eigenvalue weighted by Crippen LogP contribution is 2.01. The Morgan fingerprint density at radius 1 is 1.57 bits per heavy atom. The number of aromatic amines is 1. The van der Waals surface area contributed by atoms with Gasteiger partial charge >= 0.3 is 5.69 Å². The van der Waals surface area contributed by atoms with Crippen molar-refractivity contribution in [2.45, 2.75) is 13.3 Å². The first-order chi connectivity index (χ1) is 6.81. The van der Waals surface area contributed by atoms with Crippen molar-refractivity contribution < 1.29 is 0 Å². The van der Waals surface area contributed by atoms with Gasteiger partial charge in [-0.25, -0.2) is 14.6 Å². The number of H-pyrrole nitrogens is 1. The zero-order chi connectivity index (χ0) is 9.97. The molecule has 0 saturated heterocycles. The summed E-state index contributed by atoms with van der Waals surface area (Å²) in [6.45, 7) is 1.92. The van der Waals surface area contributed by atoms with Crippen molar-refractivity contribution in [1.82, 2.24) is 25.0 Å². The van der Waals surface area contributed by atoms with E-state index in [-0.39, 0.29) is 5.69 Å². The number of hydrogen-bond acceptors (Lipinski definition) is 4. The van der Waals surface area contributed by atoms with E-state index in [2.05, 4.69) is 20.3 Å². The standard InChI is InChI=1S/C8H9N5O/c1-2-6-10-8(14)12-13(6)7-4-3-5-9-11-7/h3-5H,2H2,1H3,(H,12,14). The SMILES string of the molecule is CCc1nc(=O)[nH]n1-c1cccnn1. The number of aryl methyl sites for hydroxylation is 1. The molecule has 2 aromatic heterocycles. The maximum atomic E-state index is 11.0. The molecule has 0 radical (unpaired) electrons. The van der Waals surface area contributed by atoms with Crippen LogP contribution in [0.1, 0.15) is 12.7 Å². The van der Waals surface area contributed by atoms with Crippen molar-refractivity contribution in [2.75, 3.05) is 0 Å². The second kappa shape index (κ2) is 3.41. The van der Waals surface area contributed by atoms with Gasteiger partial charge in [0.15, 0.2) is 5.82 Å². The van der Waals surface area contributed by atoms with Crippen molar-refractivity contribution in [3.05, 3.63) is 34.6 Å². The van der Waals surface area contributed by atoms with Crippen LogP contribution < -0.4 is 5.69 Å². The Morgan fingerprint density at radius 3 is 3.07 bits per heavy atom. The Labute approximate surface area is 79.6 Å². The maximum Gasteiger partial charge on any atom is 0.361 e. The molecule has 6 heteroatoms. The third-order valence-electron chi connectivity index (χ3n) is 1.80. The molecule has 0 aromatic carbocycles. The van der Waals surface area contributed by atoms with E-state index < -0.39 is 0 Å². The highest BCUT2D eigenvalue weighted by molar-refractivity contribution is 5.18. The molecule has 1 N–H and O–H groups in total. The topological polar surface area (TPSA) is 76.5 Å². The molecule has 0 unspecified atom stereocenters. The average Bonchev–Trinajstić information content (AvgIpc) is 2.61. The lowest BCUT2D eigenvalue weighted by Gasteiger charge is -2.01. The van der Waals surface area contributed by atoms with Crippen LogP contribution in [0.2, 0.25) is 0 Å². The first-order valence-electron chi connectivity index (χ1n) is 4.27. The van der Waals surface area contributed by atoms with Gasteiger partial charge in [0.05, 0.1) is 0 Å². The Hall–Kier alpha value is -1.98. The number of rotatable bonds is 2. The summed E-state index contributed by atoms with van der Waals surface area (Å²) in [5.41, 5.74) is -0.368. The van der Waals surface area contributed by atoms with Crippen molar-refractivity contribution in [3.8, 4) is 5.82 Å². The van der Waals surface area contributed by atoms with Gasteiger partial charge in [-0.15, -0.1) is 5.10 Å². The highest BCUT2D eigenvalue weighted by Gasteiger charge is 2.06. The van der Waals surface area contributed by atoms with Gasteiger partial charge in [0, 0.05) is 12.6 Å². The summed E-state index contributed by atoms with van der Waals surface area (Å²) in [6.07, 6.45) is 2.24. The van der Waals surface area contributed by atoms with Gasteiger partial charge in [0.2, 0.25) is 0 Å². The van der Waals surface area contributed by atoms with Gasteiger partial charge in [-0.2, -0.15) is 10.1 Å². The van der Waals surface area contributed by atoms with Crippen LogP contribution in [0.4, 0.5) is 0 Å². The molecule has 6 nitrogen and oxygen atoms in total. The monoisotopic (exact) mass is 191 g/mol. The summed E-state index contributed by atoms with van der Waals surface area (Å²) >= 11 is 0. The summed E-state index contributed by atoms with van der Waals surface area (Å²) in [4.78, 5) is 14.8. The molecule has 0 bridgehead atoms. The zero-order valence-corrected chi connectivity index (χ0v) is 7.64. The van der Waals surface area contributed by atoms with Crippen LogP contribution in [-0.4, -0.2) is 25.0 Å². The molecule has 0 spiro atoms. The molecule has 0 aliphatic rings. The normalized spacial score (nSPS) is 10.4. The predicted molar refractivity (Wildman–Crippen MR) is 49.2 cm³/mol. The number of aromatic nitrogens is 5. The van der Waals surface area contributed by atoms with Gasteiger partial charge < -0.3 is 0 Å². The van der Waals surface area contributed by atoms with E-state index in [9.17, 15) is 4.79 Å². The largest absolute Gasteiger partial charge is 0.361 e. The first-order valence-corrected chi connectivity index (χ1v) is 4.27. The molecule has 14 heavy (non-hydrogen) atoms. The molecular weight excluding hydrogens is 182 g/mol. The molecule has 0 aliphatic heterocycles. The van der Waals surface area contributed by atoms with Gasteiger partial charge in [0.1, 0.15) is 5.82 Å². The van der Waals surface area contributed by atoms with Gasteiger partial charge in [0.25, 0.3) is 0 Å². The molecule has 2 rings (SSSR count). The lowest BCUT2D eigenvalue weighted by molar-refractivity contribution is 0.755. The average molecular weight is 191 g/mol. The molecule has 0 saturated carbocycles. The maximum absolute atomic E-state index is 11.0. The summed E-state index contributed by atoms with van der Waals surface area (Å²) in [6, 6.07) is 3.50. The third-order valence-corrected chi connectivity index (χ3v) is 1.80. The van der Waals surface area contributed by atoms with Crippen LogP contribution >= 0.6 is 0 Å². The first kappa shape index (κ1) is 8.61. The van der Waals surface area contributed by atoms with E-state index in [1.54, 1.807) is 18.3 Å². The number of hydrogen-bond donors (Lipinski definition) is 1. The van der Waals surface area contributed by atoms with Crippen molar-refractivity contribution in [1.29, 1.82) is 0 Å². The van der Waals surface area contributed by atoms with E-state index in [0.717, 1.165) is 0 Å². The lowest BCUT2D eigenvalue weighted by Crippen LogP contribution is -2.07. The van der Waals surface area contributed by atoms with E-state index in [0.29, 0.717) is 18.1 Å². The van der Waals surface area contributed by atoms with Crippen LogP contribution in [0.15, 0.2) is 23.1 Å². The summed E-state index contributed by atoms with van der Waals surface area (Å²) in [5, 5.41) is 10.2.